The molecule has 0 unspecified atom stereocenters. The van der Waals surface area contributed by atoms with E-state index in [2.05, 4.69) is 0 Å². The van der Waals surface area contributed by atoms with Gasteiger partial charge in [-0.25, -0.2) is 0 Å². The fourth-order valence-electron chi connectivity index (χ4n) is 1.40. The Hall–Kier alpha value is -1.62. The third-order valence-electron chi connectivity index (χ3n) is 2.21. The van der Waals surface area contributed by atoms with Gasteiger partial charge in [-0.1, -0.05) is 11.6 Å². The first-order valence-electron chi connectivity index (χ1n) is 4.03. The van der Waals surface area contributed by atoms with E-state index < -0.39 is 10.7 Å². The zero-order valence-corrected chi connectivity index (χ0v) is 8.83. The van der Waals surface area contributed by atoms with Crippen LogP contribution in [-0.2, 0) is 0 Å². The number of aromatic hydroxyl groups is 1. The monoisotopic (exact) mass is 229 g/mol. The van der Waals surface area contributed by atoms with Crippen molar-refractivity contribution in [2.24, 2.45) is 0 Å². The Morgan fingerprint density at radius 3 is 2.33 bits per heavy atom. The molecule has 6 heteroatoms. The van der Waals surface area contributed by atoms with Gasteiger partial charge in [-0.3, -0.25) is 14.9 Å². The SMILES string of the molecule is Cc1c(Cl)c(O)c(C=O)c(C)c1[N+](=O)[O-]. The van der Waals surface area contributed by atoms with Crippen LogP contribution in [0.2, 0.25) is 5.02 Å². The molecule has 0 bridgehead atoms. The number of nitrogens with zero attached hydrogens (tertiary/aromatic N) is 1. The minimum Gasteiger partial charge on any atom is -0.506 e. The highest BCUT2D eigenvalue weighted by molar-refractivity contribution is 6.33. The zero-order chi connectivity index (χ0) is 11.7. The summed E-state index contributed by atoms with van der Waals surface area (Å²) in [6, 6.07) is 0. The zero-order valence-electron chi connectivity index (χ0n) is 8.07. The molecule has 5 nitrogen and oxygen atoms in total. The highest BCUT2D eigenvalue weighted by Gasteiger charge is 2.24. The molecule has 0 aromatic heterocycles. The number of hydrogen-bond acceptors (Lipinski definition) is 4. The Labute approximate surface area is 90.4 Å². The summed E-state index contributed by atoms with van der Waals surface area (Å²) in [7, 11) is 0. The molecule has 0 aliphatic carbocycles. The second-order valence-electron chi connectivity index (χ2n) is 3.05. The number of nitro benzene ring substituents is 1. The largest absolute Gasteiger partial charge is 0.506 e. The molecule has 15 heavy (non-hydrogen) atoms. The molecule has 0 saturated heterocycles. The maximum atomic E-state index is 10.7. The Bertz CT molecular complexity index is 456. The standard InChI is InChI=1S/C9H8ClNO4/c1-4-6(3-12)9(13)7(10)5(2)8(4)11(14)15/h3,13H,1-2H3. The number of rotatable bonds is 2. The maximum Gasteiger partial charge on any atom is 0.277 e. The van der Waals surface area contributed by atoms with Gasteiger partial charge in [0.15, 0.2) is 6.29 Å². The second kappa shape index (κ2) is 3.86. The molecule has 1 N–H and O–H groups in total. The summed E-state index contributed by atoms with van der Waals surface area (Å²) in [4.78, 5) is 20.7. The predicted octanol–water partition coefficient (Wildman–Crippen LogP) is 2.38. The van der Waals surface area contributed by atoms with Gasteiger partial charge in [0, 0.05) is 11.1 Å². The minimum absolute atomic E-state index is 0.120. The van der Waals surface area contributed by atoms with Crippen LogP contribution in [0.1, 0.15) is 21.5 Å². The minimum atomic E-state index is -0.622. The molecule has 1 aromatic rings. The first-order valence-corrected chi connectivity index (χ1v) is 4.40. The van der Waals surface area contributed by atoms with Gasteiger partial charge in [0.05, 0.1) is 15.5 Å². The molecule has 0 saturated carbocycles. The van der Waals surface area contributed by atoms with Crippen molar-refractivity contribution in [1.82, 2.24) is 0 Å². The quantitative estimate of drug-likeness (QED) is 0.480. The molecule has 0 spiro atoms. The number of halogens is 1. The highest BCUT2D eigenvalue weighted by atomic mass is 35.5. The summed E-state index contributed by atoms with van der Waals surface area (Å²) < 4.78 is 0. The van der Waals surface area contributed by atoms with Crippen molar-refractivity contribution in [3.8, 4) is 5.75 Å². The number of nitro groups is 1. The van der Waals surface area contributed by atoms with Gasteiger partial charge in [-0.2, -0.15) is 0 Å². The van der Waals surface area contributed by atoms with E-state index in [-0.39, 0.29) is 27.4 Å². The lowest BCUT2D eigenvalue weighted by atomic mass is 10.0. The van der Waals surface area contributed by atoms with Crippen molar-refractivity contribution in [3.05, 3.63) is 31.8 Å². The lowest BCUT2D eigenvalue weighted by Gasteiger charge is -2.08. The van der Waals surface area contributed by atoms with Crippen LogP contribution >= 0.6 is 11.6 Å². The summed E-state index contributed by atoms with van der Waals surface area (Å²) in [6.07, 6.45) is 0.350. The fourth-order valence-corrected chi connectivity index (χ4v) is 1.60. The van der Waals surface area contributed by atoms with Gasteiger partial charge in [-0.15, -0.1) is 0 Å². The Kier molecular flexibility index (Phi) is 2.95. The van der Waals surface area contributed by atoms with Crippen LogP contribution in [0.15, 0.2) is 0 Å². The van der Waals surface area contributed by atoms with Gasteiger partial charge >= 0.3 is 0 Å². The lowest BCUT2D eigenvalue weighted by Crippen LogP contribution is -2.00. The molecular formula is C9H8ClNO4. The number of phenolic OH excluding ortho intramolecular Hbond substituents is 1. The first-order chi connectivity index (χ1) is 6.91. The average molecular weight is 230 g/mol. The van der Waals surface area contributed by atoms with Crippen molar-refractivity contribution < 1.29 is 14.8 Å². The molecule has 80 valence electrons. The van der Waals surface area contributed by atoms with Crippen LogP contribution in [0.3, 0.4) is 0 Å². The van der Waals surface area contributed by atoms with Crippen LogP contribution in [0.4, 0.5) is 5.69 Å². The van der Waals surface area contributed by atoms with Crippen molar-refractivity contribution in [1.29, 1.82) is 0 Å². The van der Waals surface area contributed by atoms with Crippen molar-refractivity contribution in [2.45, 2.75) is 13.8 Å². The molecule has 0 heterocycles. The van der Waals surface area contributed by atoms with Crippen LogP contribution in [-0.4, -0.2) is 16.3 Å². The van der Waals surface area contributed by atoms with E-state index in [1.165, 1.54) is 13.8 Å². The van der Waals surface area contributed by atoms with E-state index in [0.29, 0.717) is 6.29 Å². The van der Waals surface area contributed by atoms with Crippen LogP contribution in [0.25, 0.3) is 0 Å². The third-order valence-corrected chi connectivity index (χ3v) is 2.67. The molecular weight excluding hydrogens is 222 g/mol. The van der Waals surface area contributed by atoms with Gasteiger partial charge in [0.2, 0.25) is 0 Å². The van der Waals surface area contributed by atoms with Gasteiger partial charge in [0.25, 0.3) is 5.69 Å². The van der Waals surface area contributed by atoms with Crippen molar-refractivity contribution in [3.63, 3.8) is 0 Å². The Balaban J connectivity index is 3.75. The number of carbonyl (C=O) groups excluding carboxylic acids is 1. The van der Waals surface area contributed by atoms with E-state index in [1.807, 2.05) is 0 Å². The van der Waals surface area contributed by atoms with Gasteiger partial charge in [0.1, 0.15) is 5.75 Å². The van der Waals surface area contributed by atoms with Crippen molar-refractivity contribution in [2.75, 3.05) is 0 Å². The molecule has 0 atom stereocenters. The number of aldehydes is 1. The maximum absolute atomic E-state index is 10.7. The summed E-state index contributed by atoms with van der Waals surface area (Å²) in [5.41, 5.74) is -0.103. The summed E-state index contributed by atoms with van der Waals surface area (Å²) in [5, 5.41) is 20.0. The normalized spacial score (nSPS) is 10.1. The number of phenols is 1. The number of hydrogen-bond donors (Lipinski definition) is 1. The number of carbonyl (C=O) groups is 1. The van der Waals surface area contributed by atoms with E-state index >= 15 is 0 Å². The van der Waals surface area contributed by atoms with Crippen LogP contribution in [0, 0.1) is 24.0 Å². The summed E-state index contributed by atoms with van der Waals surface area (Å²) in [5.74, 6) is -0.410. The molecule has 1 aromatic carbocycles. The van der Waals surface area contributed by atoms with Gasteiger partial charge in [-0.05, 0) is 13.8 Å². The molecule has 0 fully saturated rings. The molecule has 1 rings (SSSR count). The summed E-state index contributed by atoms with van der Waals surface area (Å²) >= 11 is 5.67. The first kappa shape index (κ1) is 11.5. The summed E-state index contributed by atoms with van der Waals surface area (Å²) in [6.45, 7) is 2.81. The van der Waals surface area contributed by atoms with Crippen LogP contribution in [0.5, 0.6) is 5.75 Å². The Morgan fingerprint density at radius 2 is 1.93 bits per heavy atom. The smallest absolute Gasteiger partial charge is 0.277 e. The second-order valence-corrected chi connectivity index (χ2v) is 3.43. The van der Waals surface area contributed by atoms with E-state index in [4.69, 9.17) is 11.6 Å². The van der Waals surface area contributed by atoms with E-state index in [9.17, 15) is 20.0 Å². The molecule has 0 amide bonds. The fraction of sp³-hybridized carbons (Fsp3) is 0.222. The number of benzene rings is 1. The van der Waals surface area contributed by atoms with Crippen molar-refractivity contribution >= 4 is 23.6 Å². The third kappa shape index (κ3) is 1.66. The Morgan fingerprint density at radius 1 is 1.40 bits per heavy atom. The topological polar surface area (TPSA) is 80.4 Å². The molecule has 0 aliphatic heterocycles. The van der Waals surface area contributed by atoms with E-state index in [0.717, 1.165) is 0 Å². The molecule has 0 aliphatic rings. The highest BCUT2D eigenvalue weighted by Crippen LogP contribution is 2.39. The van der Waals surface area contributed by atoms with E-state index in [1.54, 1.807) is 0 Å². The van der Waals surface area contributed by atoms with Crippen LogP contribution < -0.4 is 0 Å². The predicted molar refractivity (Wildman–Crippen MR) is 54.6 cm³/mol. The average Bonchev–Trinajstić information content (AvgIpc) is 2.15. The lowest BCUT2D eigenvalue weighted by molar-refractivity contribution is -0.386. The molecule has 0 radical (unpaired) electrons. The van der Waals surface area contributed by atoms with Gasteiger partial charge < -0.3 is 5.11 Å².